The van der Waals surface area contributed by atoms with Crippen molar-refractivity contribution in [2.45, 2.75) is 39.8 Å². The van der Waals surface area contributed by atoms with Crippen molar-refractivity contribution in [2.24, 2.45) is 0 Å². The van der Waals surface area contributed by atoms with Crippen LogP contribution in [0.4, 0.5) is 0 Å². The molecule has 0 fully saturated rings. The van der Waals surface area contributed by atoms with E-state index in [4.69, 9.17) is 0 Å². The number of nitrogens with zero attached hydrogens (tertiary/aromatic N) is 2. The second kappa shape index (κ2) is 8.46. The Morgan fingerprint density at radius 1 is 0.625 bits per heavy atom. The summed E-state index contributed by atoms with van der Waals surface area (Å²) in [6.07, 6.45) is 2.45. The maximum atomic E-state index is 2.49. The van der Waals surface area contributed by atoms with Crippen LogP contribution in [0.5, 0.6) is 0 Å². The summed E-state index contributed by atoms with van der Waals surface area (Å²) in [5, 5.41) is 0. The van der Waals surface area contributed by atoms with Crippen LogP contribution in [0.25, 0.3) is 0 Å². The summed E-state index contributed by atoms with van der Waals surface area (Å²) < 4.78 is 0. The average Bonchev–Trinajstić information content (AvgIpc) is 2.67. The predicted octanol–water partition coefficient (Wildman–Crippen LogP) is 4.13. The van der Waals surface area contributed by atoms with E-state index in [-0.39, 0.29) is 0 Å². The number of fused-ring (bicyclic) bond motifs is 2. The molecule has 0 bridgehead atoms. The molecule has 0 saturated carbocycles. The molecule has 2 aromatic rings. The molecule has 0 amide bonds. The van der Waals surface area contributed by atoms with Crippen LogP contribution in [0.15, 0.2) is 48.5 Å². The van der Waals surface area contributed by atoms with Gasteiger partial charge in [0.2, 0.25) is 0 Å². The molecule has 2 aromatic carbocycles. The fourth-order valence-corrected chi connectivity index (χ4v) is 3.65. The summed E-state index contributed by atoms with van der Waals surface area (Å²) in [4.78, 5) is 4.98. The van der Waals surface area contributed by atoms with Crippen LogP contribution in [-0.4, -0.2) is 36.0 Å². The number of rotatable bonds is 2. The van der Waals surface area contributed by atoms with Crippen LogP contribution < -0.4 is 0 Å². The third-order valence-electron chi connectivity index (χ3n) is 5.31. The van der Waals surface area contributed by atoms with Gasteiger partial charge in [-0.1, -0.05) is 62.4 Å². The van der Waals surface area contributed by atoms with Gasteiger partial charge in [-0.05, 0) is 48.2 Å². The van der Waals surface area contributed by atoms with Crippen molar-refractivity contribution in [2.75, 3.05) is 26.2 Å². The number of hydrogen-bond donors (Lipinski definition) is 0. The van der Waals surface area contributed by atoms with Crippen LogP contribution >= 0.6 is 0 Å². The molecule has 0 aromatic heterocycles. The SMILES string of the molecule is CCN1CCc2ccccc2C1.CCN1CCc2ccccc2C1. The summed E-state index contributed by atoms with van der Waals surface area (Å²) in [6.45, 7) is 11.6. The molecule has 2 aliphatic heterocycles. The zero-order chi connectivity index (χ0) is 16.8. The number of likely N-dealkylation sites (N-methyl/N-ethyl adjacent to an activating group) is 2. The predicted molar refractivity (Wildman–Crippen MR) is 102 cm³/mol. The minimum atomic E-state index is 1.15. The molecule has 0 radical (unpaired) electrons. The van der Waals surface area contributed by atoms with E-state index in [0.29, 0.717) is 0 Å². The second-order valence-corrected chi connectivity index (χ2v) is 6.77. The van der Waals surface area contributed by atoms with Gasteiger partial charge in [-0.15, -0.1) is 0 Å². The summed E-state index contributed by atoms with van der Waals surface area (Å²) in [7, 11) is 0. The van der Waals surface area contributed by atoms with Gasteiger partial charge in [-0.3, -0.25) is 9.80 Å². The lowest BCUT2D eigenvalue weighted by atomic mass is 10.0. The first-order valence-electron chi connectivity index (χ1n) is 9.38. The lowest BCUT2D eigenvalue weighted by Crippen LogP contribution is -2.29. The van der Waals surface area contributed by atoms with Gasteiger partial charge < -0.3 is 0 Å². The second-order valence-electron chi connectivity index (χ2n) is 6.77. The maximum absolute atomic E-state index is 2.49. The molecule has 24 heavy (non-hydrogen) atoms. The minimum absolute atomic E-state index is 1.15. The van der Waals surface area contributed by atoms with Crippen LogP contribution in [0.3, 0.4) is 0 Å². The molecule has 2 aliphatic rings. The highest BCUT2D eigenvalue weighted by Gasteiger charge is 2.13. The Bertz CT molecular complexity index is 592. The molecule has 0 atom stereocenters. The van der Waals surface area contributed by atoms with E-state index in [1.807, 2.05) is 0 Å². The minimum Gasteiger partial charge on any atom is -0.299 e. The summed E-state index contributed by atoms with van der Waals surface area (Å²) >= 11 is 0. The van der Waals surface area contributed by atoms with E-state index in [1.165, 1.54) is 50.1 Å². The molecule has 4 rings (SSSR count). The van der Waals surface area contributed by atoms with E-state index in [0.717, 1.165) is 13.1 Å². The van der Waals surface area contributed by atoms with Crippen molar-refractivity contribution in [3.8, 4) is 0 Å². The standard InChI is InChI=1S/2C11H15N/c2*1-2-12-8-7-10-5-3-4-6-11(10)9-12/h2*3-6H,2,7-9H2,1H3. The lowest BCUT2D eigenvalue weighted by molar-refractivity contribution is 0.268. The van der Waals surface area contributed by atoms with Crippen molar-refractivity contribution in [1.29, 1.82) is 0 Å². The smallest absolute Gasteiger partial charge is 0.0236 e. The molecule has 2 heteroatoms. The molecule has 0 aliphatic carbocycles. The summed E-state index contributed by atoms with van der Waals surface area (Å²) in [5.74, 6) is 0. The maximum Gasteiger partial charge on any atom is 0.0236 e. The largest absolute Gasteiger partial charge is 0.299 e. The van der Waals surface area contributed by atoms with Crippen molar-refractivity contribution in [3.63, 3.8) is 0 Å². The third-order valence-corrected chi connectivity index (χ3v) is 5.31. The Kier molecular flexibility index (Phi) is 6.06. The van der Waals surface area contributed by atoms with Crippen LogP contribution in [0.2, 0.25) is 0 Å². The molecule has 0 saturated heterocycles. The van der Waals surface area contributed by atoms with Crippen molar-refractivity contribution in [1.82, 2.24) is 9.80 Å². The average molecular weight is 322 g/mol. The Morgan fingerprint density at radius 3 is 1.38 bits per heavy atom. The first-order valence-corrected chi connectivity index (χ1v) is 9.38. The summed E-state index contributed by atoms with van der Waals surface area (Å²) in [5.41, 5.74) is 6.13. The molecule has 2 nitrogen and oxygen atoms in total. The molecule has 2 heterocycles. The Balaban J connectivity index is 0.000000141. The number of hydrogen-bond acceptors (Lipinski definition) is 2. The normalized spacial score (nSPS) is 17.4. The van der Waals surface area contributed by atoms with E-state index < -0.39 is 0 Å². The highest BCUT2D eigenvalue weighted by Crippen LogP contribution is 2.18. The zero-order valence-corrected chi connectivity index (χ0v) is 15.2. The Labute approximate surface area is 147 Å². The monoisotopic (exact) mass is 322 g/mol. The molecule has 0 spiro atoms. The highest BCUT2D eigenvalue weighted by atomic mass is 15.1. The molecule has 128 valence electrons. The number of benzene rings is 2. The van der Waals surface area contributed by atoms with Gasteiger partial charge in [0.25, 0.3) is 0 Å². The highest BCUT2D eigenvalue weighted by molar-refractivity contribution is 5.29. The summed E-state index contributed by atoms with van der Waals surface area (Å²) in [6, 6.07) is 17.6. The van der Waals surface area contributed by atoms with E-state index in [9.17, 15) is 0 Å². The van der Waals surface area contributed by atoms with Crippen LogP contribution in [0, 0.1) is 0 Å². The topological polar surface area (TPSA) is 6.48 Å². The fraction of sp³-hybridized carbons (Fsp3) is 0.455. The first-order chi connectivity index (χ1) is 11.8. The molecule has 0 unspecified atom stereocenters. The van der Waals surface area contributed by atoms with Crippen LogP contribution in [-0.2, 0) is 25.9 Å². The Morgan fingerprint density at radius 2 is 1.00 bits per heavy atom. The van der Waals surface area contributed by atoms with E-state index >= 15 is 0 Å². The van der Waals surface area contributed by atoms with Crippen molar-refractivity contribution < 1.29 is 0 Å². The quantitative estimate of drug-likeness (QED) is 0.820. The molecule has 0 N–H and O–H groups in total. The first kappa shape index (κ1) is 17.2. The fourth-order valence-electron chi connectivity index (χ4n) is 3.65. The van der Waals surface area contributed by atoms with Gasteiger partial charge in [-0.25, -0.2) is 0 Å². The Hall–Kier alpha value is -1.64. The lowest BCUT2D eigenvalue weighted by Gasteiger charge is -2.27. The van der Waals surface area contributed by atoms with Gasteiger partial charge in [0.05, 0.1) is 0 Å². The van der Waals surface area contributed by atoms with Crippen molar-refractivity contribution in [3.05, 3.63) is 70.8 Å². The molecular weight excluding hydrogens is 292 g/mol. The third kappa shape index (κ3) is 4.25. The van der Waals surface area contributed by atoms with Crippen LogP contribution in [0.1, 0.15) is 36.1 Å². The van der Waals surface area contributed by atoms with Crippen molar-refractivity contribution >= 4 is 0 Å². The molecular formula is C22H30N2. The van der Waals surface area contributed by atoms with Gasteiger partial charge in [0.15, 0.2) is 0 Å². The van der Waals surface area contributed by atoms with E-state index in [1.54, 1.807) is 11.1 Å². The van der Waals surface area contributed by atoms with Gasteiger partial charge in [-0.2, -0.15) is 0 Å². The van der Waals surface area contributed by atoms with Gasteiger partial charge in [0.1, 0.15) is 0 Å². The van der Waals surface area contributed by atoms with E-state index in [2.05, 4.69) is 72.2 Å². The zero-order valence-electron chi connectivity index (χ0n) is 15.2. The van der Waals surface area contributed by atoms with Gasteiger partial charge in [0, 0.05) is 26.2 Å². The van der Waals surface area contributed by atoms with Gasteiger partial charge >= 0.3 is 0 Å².